The molecule has 268 valence electrons. The first-order valence-electron chi connectivity index (χ1n) is 17.9. The molecule has 0 radical (unpaired) electrons. The van der Waals surface area contributed by atoms with Gasteiger partial charge in [-0.15, -0.1) is 0 Å². The molecule has 4 heterocycles. The Labute approximate surface area is 285 Å². The summed E-state index contributed by atoms with van der Waals surface area (Å²) < 4.78 is 31.3. The maximum absolute atomic E-state index is 14.1. The number of hydrogen-bond donors (Lipinski definition) is 3. The zero-order valence-electron chi connectivity index (χ0n) is 29.6. The molecule has 3 N–H and O–H groups in total. The second-order valence-corrected chi connectivity index (χ2v) is 15.1. The van der Waals surface area contributed by atoms with Gasteiger partial charge in [0, 0.05) is 18.8 Å². The van der Waals surface area contributed by atoms with Crippen LogP contribution in [0.1, 0.15) is 93.4 Å². The molecule has 0 aromatic heterocycles. The van der Waals surface area contributed by atoms with Crippen LogP contribution in [0, 0.1) is 23.7 Å². The highest BCUT2D eigenvalue weighted by molar-refractivity contribution is 5.78. The highest BCUT2D eigenvalue weighted by atomic mass is 16.7. The van der Waals surface area contributed by atoms with Crippen LogP contribution in [0.15, 0.2) is 47.1 Å². The number of hydrogen-bond acceptors (Lipinski definition) is 10. The summed E-state index contributed by atoms with van der Waals surface area (Å²) in [7, 11) is 0. The number of ether oxygens (including phenoxy) is 5. The number of allylic oxidation sites excluding steroid dienone is 4. The summed E-state index contributed by atoms with van der Waals surface area (Å²) in [5.74, 6) is -4.21. The zero-order chi connectivity index (χ0) is 35.0. The van der Waals surface area contributed by atoms with Gasteiger partial charge in [-0.3, -0.25) is 9.59 Å². The number of rotatable bonds is 5. The van der Waals surface area contributed by atoms with Gasteiger partial charge in [0.15, 0.2) is 0 Å². The lowest BCUT2D eigenvalue weighted by Gasteiger charge is -2.53. The summed E-state index contributed by atoms with van der Waals surface area (Å²) in [4.78, 5) is 27.3. The lowest BCUT2D eigenvalue weighted by Crippen LogP contribution is -2.67. The highest BCUT2D eigenvalue weighted by Crippen LogP contribution is 2.47. The standard InChI is InChI=1S/C38H56O10/c1-8-9-12-23(4)35(41)46-32-25(6)26(7)47-37(33(32)40)19-29-18-28(48-37)15-14-22(3)16-21(2)11-10-13-27-20-44-34-31(39)24(5)17-30(36(42)45-29)38(27,34)43/h10-11,13-14,17,21,23,25-26,28-34,39-40,43H,8-9,12,15-16,18-20H2,1-7H3. The maximum Gasteiger partial charge on any atom is 0.316 e. The van der Waals surface area contributed by atoms with Gasteiger partial charge < -0.3 is 39.0 Å². The summed E-state index contributed by atoms with van der Waals surface area (Å²) in [6, 6.07) is 0. The Bertz CT molecular complexity index is 1320. The number of aliphatic hydroxyl groups is 3. The van der Waals surface area contributed by atoms with Gasteiger partial charge >= 0.3 is 11.9 Å². The molecule has 0 saturated carbocycles. The smallest absolute Gasteiger partial charge is 0.316 e. The van der Waals surface area contributed by atoms with Crippen LogP contribution in [0.3, 0.4) is 0 Å². The van der Waals surface area contributed by atoms with Crippen molar-refractivity contribution in [3.8, 4) is 0 Å². The Morgan fingerprint density at radius 1 is 1.15 bits per heavy atom. The topological polar surface area (TPSA) is 141 Å². The largest absolute Gasteiger partial charge is 0.462 e. The van der Waals surface area contributed by atoms with E-state index in [9.17, 15) is 24.9 Å². The fourth-order valence-electron chi connectivity index (χ4n) is 7.98. The SMILES string of the molecule is CCCCC(C)C(=O)OC1C(C)C(C)OC2(CC3CC(CC=C(C)CC(C)C=CC=C4COC5C(O)C(C)=CC(C(=O)O3)C45O)O2)C1O. The van der Waals surface area contributed by atoms with Crippen molar-refractivity contribution in [2.45, 2.75) is 148 Å². The predicted octanol–water partition coefficient (Wildman–Crippen LogP) is 4.85. The van der Waals surface area contributed by atoms with Crippen LogP contribution >= 0.6 is 0 Å². The fraction of sp³-hybridized carbons (Fsp3) is 0.737. The van der Waals surface area contributed by atoms with Crippen molar-refractivity contribution in [3.63, 3.8) is 0 Å². The summed E-state index contributed by atoms with van der Waals surface area (Å²) in [6.07, 6.45) is 7.58. The third kappa shape index (κ3) is 7.25. The zero-order valence-corrected chi connectivity index (χ0v) is 29.6. The average Bonchev–Trinajstić information content (AvgIpc) is 3.37. The minimum absolute atomic E-state index is 0.00840. The van der Waals surface area contributed by atoms with E-state index in [1.165, 1.54) is 0 Å². The van der Waals surface area contributed by atoms with Crippen LogP contribution in [0.25, 0.3) is 0 Å². The molecule has 48 heavy (non-hydrogen) atoms. The molecule has 13 atom stereocenters. The van der Waals surface area contributed by atoms with Crippen LogP contribution in [0.5, 0.6) is 0 Å². The van der Waals surface area contributed by atoms with Gasteiger partial charge in [0.1, 0.15) is 42.0 Å². The van der Waals surface area contributed by atoms with Gasteiger partial charge in [-0.2, -0.15) is 0 Å². The Balaban J connectivity index is 1.49. The summed E-state index contributed by atoms with van der Waals surface area (Å²) in [6.45, 7) is 13.6. The Hall–Kier alpha value is -2.34. The third-order valence-corrected chi connectivity index (χ3v) is 11.1. The molecule has 1 aliphatic carbocycles. The maximum atomic E-state index is 14.1. The van der Waals surface area contributed by atoms with Crippen molar-refractivity contribution in [1.82, 2.24) is 0 Å². The van der Waals surface area contributed by atoms with E-state index in [4.69, 9.17) is 23.7 Å². The van der Waals surface area contributed by atoms with Crippen LogP contribution < -0.4 is 0 Å². The molecule has 0 aromatic carbocycles. The van der Waals surface area contributed by atoms with E-state index >= 15 is 0 Å². The molecule has 2 bridgehead atoms. The second kappa shape index (κ2) is 14.9. The third-order valence-electron chi connectivity index (χ3n) is 11.1. The molecule has 10 nitrogen and oxygen atoms in total. The van der Waals surface area contributed by atoms with Gasteiger partial charge in [0.25, 0.3) is 0 Å². The van der Waals surface area contributed by atoms with E-state index in [1.807, 2.05) is 32.9 Å². The highest BCUT2D eigenvalue weighted by Gasteiger charge is 2.61. The average molecular weight is 673 g/mol. The molecular weight excluding hydrogens is 616 g/mol. The first-order valence-corrected chi connectivity index (χ1v) is 17.9. The number of esters is 2. The number of unbranched alkanes of at least 4 members (excludes halogenated alkanes) is 1. The van der Waals surface area contributed by atoms with Crippen molar-refractivity contribution in [2.75, 3.05) is 6.61 Å². The van der Waals surface area contributed by atoms with Crippen LogP contribution in [-0.4, -0.2) is 88.0 Å². The van der Waals surface area contributed by atoms with E-state index < -0.39 is 66.0 Å². The quantitative estimate of drug-likeness (QED) is 0.274. The van der Waals surface area contributed by atoms with Crippen molar-refractivity contribution < 1.29 is 48.6 Å². The van der Waals surface area contributed by atoms with Gasteiger partial charge in [-0.05, 0) is 57.1 Å². The molecule has 10 heteroatoms. The molecule has 0 amide bonds. The normalized spacial score (nSPS) is 42.6. The van der Waals surface area contributed by atoms with Crippen LogP contribution in [-0.2, 0) is 33.3 Å². The van der Waals surface area contributed by atoms with E-state index in [0.717, 1.165) is 24.8 Å². The molecule has 13 unspecified atom stereocenters. The number of carbonyl (C=O) groups excluding carboxylic acids is 2. The molecular formula is C38H56O10. The Morgan fingerprint density at radius 3 is 2.62 bits per heavy atom. The molecule has 4 aliphatic heterocycles. The summed E-state index contributed by atoms with van der Waals surface area (Å²) >= 11 is 0. The van der Waals surface area contributed by atoms with Crippen molar-refractivity contribution >= 4 is 11.9 Å². The molecule has 0 aromatic rings. The molecule has 3 fully saturated rings. The number of aliphatic hydroxyl groups excluding tert-OH is 2. The molecule has 3 saturated heterocycles. The van der Waals surface area contributed by atoms with Crippen LogP contribution in [0.4, 0.5) is 0 Å². The van der Waals surface area contributed by atoms with E-state index in [1.54, 1.807) is 19.1 Å². The van der Waals surface area contributed by atoms with Crippen molar-refractivity contribution in [2.24, 2.45) is 23.7 Å². The molecule has 5 rings (SSSR count). The van der Waals surface area contributed by atoms with Gasteiger partial charge in [0.05, 0.1) is 24.7 Å². The summed E-state index contributed by atoms with van der Waals surface area (Å²) in [5, 5.41) is 35.1. The van der Waals surface area contributed by atoms with Gasteiger partial charge in [0.2, 0.25) is 5.79 Å². The van der Waals surface area contributed by atoms with Crippen molar-refractivity contribution in [1.29, 1.82) is 0 Å². The van der Waals surface area contributed by atoms with Crippen molar-refractivity contribution in [3.05, 3.63) is 47.1 Å². The van der Waals surface area contributed by atoms with Crippen LogP contribution in [0.2, 0.25) is 0 Å². The molecule has 5 aliphatic rings. The lowest BCUT2D eigenvalue weighted by molar-refractivity contribution is -0.383. The lowest BCUT2D eigenvalue weighted by atomic mass is 9.71. The van der Waals surface area contributed by atoms with E-state index in [-0.39, 0.29) is 36.8 Å². The monoisotopic (exact) mass is 672 g/mol. The number of carbonyl (C=O) groups is 2. The first kappa shape index (κ1) is 36.9. The fourth-order valence-corrected chi connectivity index (χ4v) is 7.98. The minimum atomic E-state index is -1.81. The predicted molar refractivity (Wildman–Crippen MR) is 178 cm³/mol. The van der Waals surface area contributed by atoms with Gasteiger partial charge in [-0.1, -0.05) is 76.5 Å². The second-order valence-electron chi connectivity index (χ2n) is 15.1. The van der Waals surface area contributed by atoms with Gasteiger partial charge in [-0.25, -0.2) is 0 Å². The molecule has 1 spiro atoms. The number of fused-ring (bicyclic) bond motifs is 2. The minimum Gasteiger partial charge on any atom is -0.462 e. The summed E-state index contributed by atoms with van der Waals surface area (Å²) in [5.41, 5.74) is 0.354. The van der Waals surface area contributed by atoms with E-state index in [2.05, 4.69) is 26.8 Å². The Morgan fingerprint density at radius 2 is 1.90 bits per heavy atom. The Kier molecular flexibility index (Phi) is 11.4. The van der Waals surface area contributed by atoms with E-state index in [0.29, 0.717) is 30.4 Å². The first-order chi connectivity index (χ1) is 22.7.